The summed E-state index contributed by atoms with van der Waals surface area (Å²) in [4.78, 5) is 6.76. The second-order valence-corrected chi connectivity index (χ2v) is 4.20. The van der Waals surface area contributed by atoms with Gasteiger partial charge in [0.25, 0.3) is 0 Å². The van der Waals surface area contributed by atoms with Gasteiger partial charge in [-0.15, -0.1) is 0 Å². The van der Waals surface area contributed by atoms with Gasteiger partial charge in [-0.1, -0.05) is 0 Å². The normalized spacial score (nSPS) is 18.2. The Bertz CT molecular complexity index is 286. The molecular weight excluding hydrogens is 176 g/mol. The van der Waals surface area contributed by atoms with E-state index < -0.39 is 0 Å². The first-order valence-electron chi connectivity index (χ1n) is 5.38. The van der Waals surface area contributed by atoms with E-state index in [2.05, 4.69) is 28.8 Å². The first-order valence-corrected chi connectivity index (χ1v) is 5.38. The van der Waals surface area contributed by atoms with Crippen molar-refractivity contribution < 1.29 is 0 Å². The molecule has 2 rings (SSSR count). The monoisotopic (exact) mass is 194 g/mol. The first kappa shape index (κ1) is 9.65. The molecule has 78 valence electrons. The molecule has 1 saturated heterocycles. The Labute approximate surface area is 84.9 Å². The van der Waals surface area contributed by atoms with Crippen LogP contribution in [0.1, 0.15) is 38.6 Å². The predicted octanol–water partition coefficient (Wildman–Crippen LogP) is 1.45. The summed E-state index contributed by atoms with van der Waals surface area (Å²) in [5.41, 5.74) is 0. The molecule has 4 nitrogen and oxygen atoms in total. The average Bonchev–Trinajstić information content (AvgIpc) is 2.75. The van der Waals surface area contributed by atoms with Crippen molar-refractivity contribution in [1.82, 2.24) is 19.7 Å². The predicted molar refractivity (Wildman–Crippen MR) is 54.9 cm³/mol. The molecule has 1 aromatic rings. The van der Waals surface area contributed by atoms with Gasteiger partial charge in [-0.3, -0.25) is 4.90 Å². The summed E-state index contributed by atoms with van der Waals surface area (Å²) in [5.74, 6) is 1.10. The molecule has 1 aliphatic rings. The molecule has 0 aliphatic carbocycles. The van der Waals surface area contributed by atoms with Gasteiger partial charge in [0.05, 0.1) is 6.54 Å². The maximum absolute atomic E-state index is 4.31. The molecular formula is C10H18N4. The molecule has 0 amide bonds. The lowest BCUT2D eigenvalue weighted by atomic mass is 10.4. The molecule has 14 heavy (non-hydrogen) atoms. The summed E-state index contributed by atoms with van der Waals surface area (Å²) in [5, 5.41) is 4.24. The van der Waals surface area contributed by atoms with Crippen molar-refractivity contribution in [1.29, 1.82) is 0 Å². The van der Waals surface area contributed by atoms with Crippen LogP contribution in [0, 0.1) is 0 Å². The SMILES string of the molecule is CC(C)n1ncnc1CN1CCCC1. The van der Waals surface area contributed by atoms with E-state index in [9.17, 15) is 0 Å². The number of rotatable bonds is 3. The minimum absolute atomic E-state index is 0.412. The van der Waals surface area contributed by atoms with Gasteiger partial charge in [-0.2, -0.15) is 5.10 Å². The highest BCUT2D eigenvalue weighted by atomic mass is 15.4. The van der Waals surface area contributed by atoms with Crippen molar-refractivity contribution in [2.45, 2.75) is 39.3 Å². The van der Waals surface area contributed by atoms with Crippen molar-refractivity contribution in [3.05, 3.63) is 12.2 Å². The van der Waals surface area contributed by atoms with E-state index in [4.69, 9.17) is 0 Å². The third-order valence-corrected chi connectivity index (χ3v) is 2.70. The van der Waals surface area contributed by atoms with Crippen molar-refractivity contribution in [3.8, 4) is 0 Å². The number of aromatic nitrogens is 3. The molecule has 0 bridgehead atoms. The molecule has 0 saturated carbocycles. The lowest BCUT2D eigenvalue weighted by molar-refractivity contribution is 0.309. The fourth-order valence-electron chi connectivity index (χ4n) is 1.96. The van der Waals surface area contributed by atoms with Gasteiger partial charge in [0.15, 0.2) is 0 Å². The number of likely N-dealkylation sites (tertiary alicyclic amines) is 1. The molecule has 0 radical (unpaired) electrons. The Morgan fingerprint density at radius 2 is 2.07 bits per heavy atom. The van der Waals surface area contributed by atoms with E-state index >= 15 is 0 Å². The van der Waals surface area contributed by atoms with Crippen LogP contribution < -0.4 is 0 Å². The fraction of sp³-hybridized carbons (Fsp3) is 0.800. The van der Waals surface area contributed by atoms with Crippen LogP contribution in [0.5, 0.6) is 0 Å². The molecule has 0 N–H and O–H groups in total. The standard InChI is InChI=1S/C10H18N4/c1-9(2)14-10(11-8-12-14)7-13-5-3-4-6-13/h8-9H,3-7H2,1-2H3. The van der Waals surface area contributed by atoms with Gasteiger partial charge in [0.1, 0.15) is 12.2 Å². The Morgan fingerprint density at radius 1 is 1.36 bits per heavy atom. The van der Waals surface area contributed by atoms with Crippen molar-refractivity contribution in [3.63, 3.8) is 0 Å². The van der Waals surface area contributed by atoms with Crippen LogP contribution in [0.4, 0.5) is 0 Å². The Balaban J connectivity index is 2.04. The van der Waals surface area contributed by atoms with Crippen molar-refractivity contribution in [2.24, 2.45) is 0 Å². The number of hydrogen-bond acceptors (Lipinski definition) is 3. The third kappa shape index (κ3) is 1.95. The van der Waals surface area contributed by atoms with Crippen LogP contribution >= 0.6 is 0 Å². The summed E-state index contributed by atoms with van der Waals surface area (Å²) in [6, 6.07) is 0.412. The molecule has 1 fully saturated rings. The zero-order valence-corrected chi connectivity index (χ0v) is 8.98. The van der Waals surface area contributed by atoms with Crippen LogP contribution in [-0.2, 0) is 6.54 Å². The maximum atomic E-state index is 4.31. The first-order chi connectivity index (χ1) is 6.77. The molecule has 0 aromatic carbocycles. The van der Waals surface area contributed by atoms with E-state index in [1.165, 1.54) is 25.9 Å². The second kappa shape index (κ2) is 4.09. The molecule has 1 aromatic heterocycles. The zero-order valence-electron chi connectivity index (χ0n) is 8.98. The van der Waals surface area contributed by atoms with Gasteiger partial charge in [0, 0.05) is 6.04 Å². The summed E-state index contributed by atoms with van der Waals surface area (Å²) in [6.07, 6.45) is 4.32. The molecule has 4 heteroatoms. The third-order valence-electron chi connectivity index (χ3n) is 2.70. The summed E-state index contributed by atoms with van der Waals surface area (Å²) >= 11 is 0. The summed E-state index contributed by atoms with van der Waals surface area (Å²) in [6.45, 7) is 7.67. The summed E-state index contributed by atoms with van der Waals surface area (Å²) in [7, 11) is 0. The minimum Gasteiger partial charge on any atom is -0.296 e. The van der Waals surface area contributed by atoms with Crippen LogP contribution in [0.3, 0.4) is 0 Å². The molecule has 2 heterocycles. The van der Waals surface area contributed by atoms with Crippen LogP contribution in [-0.4, -0.2) is 32.8 Å². The average molecular weight is 194 g/mol. The van der Waals surface area contributed by atoms with E-state index in [0.717, 1.165) is 12.4 Å². The molecule has 0 atom stereocenters. The Hall–Kier alpha value is -0.900. The fourth-order valence-corrected chi connectivity index (χ4v) is 1.96. The minimum atomic E-state index is 0.412. The van der Waals surface area contributed by atoms with Crippen LogP contribution in [0.25, 0.3) is 0 Å². The highest BCUT2D eigenvalue weighted by molar-refractivity contribution is 4.87. The number of hydrogen-bond donors (Lipinski definition) is 0. The summed E-state index contributed by atoms with van der Waals surface area (Å²) < 4.78 is 2.01. The van der Waals surface area contributed by atoms with Gasteiger partial charge < -0.3 is 0 Å². The van der Waals surface area contributed by atoms with E-state index in [0.29, 0.717) is 6.04 Å². The Morgan fingerprint density at radius 3 is 2.71 bits per heavy atom. The highest BCUT2D eigenvalue weighted by Crippen LogP contribution is 2.13. The van der Waals surface area contributed by atoms with Crippen molar-refractivity contribution in [2.75, 3.05) is 13.1 Å². The van der Waals surface area contributed by atoms with Gasteiger partial charge in [0.2, 0.25) is 0 Å². The molecule has 0 unspecified atom stereocenters. The van der Waals surface area contributed by atoms with Gasteiger partial charge in [-0.25, -0.2) is 9.67 Å². The molecule has 0 spiro atoms. The largest absolute Gasteiger partial charge is 0.296 e. The van der Waals surface area contributed by atoms with E-state index in [1.54, 1.807) is 6.33 Å². The highest BCUT2D eigenvalue weighted by Gasteiger charge is 2.15. The van der Waals surface area contributed by atoms with Crippen LogP contribution in [0.2, 0.25) is 0 Å². The topological polar surface area (TPSA) is 34.0 Å². The van der Waals surface area contributed by atoms with E-state index in [1.807, 2.05) is 4.68 Å². The number of nitrogens with zero attached hydrogens (tertiary/aromatic N) is 4. The maximum Gasteiger partial charge on any atom is 0.141 e. The quantitative estimate of drug-likeness (QED) is 0.730. The lowest BCUT2D eigenvalue weighted by Gasteiger charge is -2.15. The van der Waals surface area contributed by atoms with Gasteiger partial charge >= 0.3 is 0 Å². The lowest BCUT2D eigenvalue weighted by Crippen LogP contribution is -2.22. The van der Waals surface area contributed by atoms with Crippen LogP contribution in [0.15, 0.2) is 6.33 Å². The Kier molecular flexibility index (Phi) is 2.82. The second-order valence-electron chi connectivity index (χ2n) is 4.20. The zero-order chi connectivity index (χ0) is 9.97. The van der Waals surface area contributed by atoms with E-state index in [-0.39, 0.29) is 0 Å². The van der Waals surface area contributed by atoms with Gasteiger partial charge in [-0.05, 0) is 39.8 Å². The smallest absolute Gasteiger partial charge is 0.141 e. The molecule has 1 aliphatic heterocycles. The van der Waals surface area contributed by atoms with Crippen molar-refractivity contribution >= 4 is 0 Å².